The van der Waals surface area contributed by atoms with Crippen LogP contribution < -0.4 is 4.74 Å². The average molecular weight is 279 g/mol. The first-order chi connectivity index (χ1) is 10.0. The summed E-state index contributed by atoms with van der Waals surface area (Å²) < 4.78 is 5.17. The lowest BCUT2D eigenvalue weighted by Gasteiger charge is -2.15. The fourth-order valence-corrected chi connectivity index (χ4v) is 2.81. The topological polar surface area (TPSA) is 33.0 Å². The van der Waals surface area contributed by atoms with E-state index in [1.54, 1.807) is 7.11 Å². The first-order valence-corrected chi connectivity index (χ1v) is 7.15. The molecule has 0 radical (unpaired) electrons. The Kier molecular flexibility index (Phi) is 4.65. The van der Waals surface area contributed by atoms with E-state index in [-0.39, 0.29) is 5.92 Å². The van der Waals surface area contributed by atoms with Gasteiger partial charge in [-0.1, -0.05) is 29.8 Å². The first-order valence-electron chi connectivity index (χ1n) is 7.15. The minimum Gasteiger partial charge on any atom is -0.497 e. The molecule has 108 valence electrons. The Morgan fingerprint density at radius 1 is 1.05 bits per heavy atom. The van der Waals surface area contributed by atoms with Crippen molar-refractivity contribution in [2.75, 3.05) is 7.11 Å². The van der Waals surface area contributed by atoms with Crippen LogP contribution in [0, 0.1) is 32.1 Å². The van der Waals surface area contributed by atoms with E-state index >= 15 is 0 Å². The lowest BCUT2D eigenvalue weighted by Crippen LogP contribution is -2.04. The molecule has 2 nitrogen and oxygen atoms in total. The van der Waals surface area contributed by atoms with E-state index in [1.807, 2.05) is 24.3 Å². The molecule has 2 rings (SSSR count). The molecule has 0 fully saturated rings. The molecule has 1 unspecified atom stereocenters. The van der Waals surface area contributed by atoms with Crippen LogP contribution in [-0.4, -0.2) is 7.11 Å². The van der Waals surface area contributed by atoms with Crippen LogP contribution in [0.5, 0.6) is 5.75 Å². The van der Waals surface area contributed by atoms with Crippen molar-refractivity contribution in [3.8, 4) is 11.8 Å². The van der Waals surface area contributed by atoms with Gasteiger partial charge in [0, 0.05) is 0 Å². The number of benzene rings is 2. The second-order valence-corrected chi connectivity index (χ2v) is 5.54. The molecule has 0 aliphatic heterocycles. The predicted molar refractivity (Wildman–Crippen MR) is 85.7 cm³/mol. The molecule has 0 heterocycles. The Labute approximate surface area is 127 Å². The largest absolute Gasteiger partial charge is 0.497 e. The number of hydrogen-bond donors (Lipinski definition) is 0. The summed E-state index contributed by atoms with van der Waals surface area (Å²) in [7, 11) is 1.65. The third kappa shape index (κ3) is 3.44. The van der Waals surface area contributed by atoms with Crippen LogP contribution in [0.2, 0.25) is 0 Å². The van der Waals surface area contributed by atoms with Gasteiger partial charge in [0.1, 0.15) is 5.75 Å². The van der Waals surface area contributed by atoms with Crippen molar-refractivity contribution in [2.24, 2.45) is 0 Å². The fourth-order valence-electron chi connectivity index (χ4n) is 2.81. The monoisotopic (exact) mass is 279 g/mol. The Hall–Kier alpha value is -2.27. The third-order valence-electron chi connectivity index (χ3n) is 3.92. The number of nitriles is 1. The van der Waals surface area contributed by atoms with Crippen LogP contribution >= 0.6 is 0 Å². The molecule has 2 aromatic carbocycles. The highest BCUT2D eigenvalue weighted by Crippen LogP contribution is 2.26. The average Bonchev–Trinajstić information content (AvgIpc) is 2.47. The molecule has 0 amide bonds. The summed E-state index contributed by atoms with van der Waals surface area (Å²) >= 11 is 0. The van der Waals surface area contributed by atoms with Crippen LogP contribution in [0.4, 0.5) is 0 Å². The van der Waals surface area contributed by atoms with Gasteiger partial charge in [0.2, 0.25) is 0 Å². The van der Waals surface area contributed by atoms with Crippen molar-refractivity contribution in [3.05, 3.63) is 64.2 Å². The Bertz CT molecular complexity index is 642. The highest BCUT2D eigenvalue weighted by atomic mass is 16.5. The van der Waals surface area contributed by atoms with Gasteiger partial charge in [-0.3, -0.25) is 0 Å². The Morgan fingerprint density at radius 3 is 2.10 bits per heavy atom. The number of hydrogen-bond acceptors (Lipinski definition) is 2. The molecule has 21 heavy (non-hydrogen) atoms. The van der Waals surface area contributed by atoms with Gasteiger partial charge in [0.05, 0.1) is 19.1 Å². The van der Waals surface area contributed by atoms with Gasteiger partial charge in [-0.15, -0.1) is 0 Å². The van der Waals surface area contributed by atoms with E-state index in [0.29, 0.717) is 0 Å². The van der Waals surface area contributed by atoms with Crippen molar-refractivity contribution >= 4 is 0 Å². The van der Waals surface area contributed by atoms with Gasteiger partial charge >= 0.3 is 0 Å². The molecule has 1 atom stereocenters. The second-order valence-electron chi connectivity index (χ2n) is 5.54. The third-order valence-corrected chi connectivity index (χ3v) is 3.92. The number of aryl methyl sites for hydroxylation is 3. The Morgan fingerprint density at radius 2 is 1.62 bits per heavy atom. The number of nitrogens with zero attached hydrogens (tertiary/aromatic N) is 1. The standard InChI is InChI=1S/C19H21NO/c1-13-9-14(2)19(15(3)10-13)11-17(12-20)16-5-7-18(21-4)8-6-16/h5-10,17H,11H2,1-4H3. The molecule has 0 aliphatic carbocycles. The summed E-state index contributed by atoms with van der Waals surface area (Å²) in [6.07, 6.45) is 0.751. The maximum atomic E-state index is 9.52. The van der Waals surface area contributed by atoms with Gasteiger partial charge in [0.25, 0.3) is 0 Å². The summed E-state index contributed by atoms with van der Waals surface area (Å²) in [6.45, 7) is 6.35. The zero-order valence-electron chi connectivity index (χ0n) is 13.1. The summed E-state index contributed by atoms with van der Waals surface area (Å²) in [5, 5.41) is 9.52. The van der Waals surface area contributed by atoms with Crippen molar-refractivity contribution in [3.63, 3.8) is 0 Å². The minimum atomic E-state index is -0.129. The van der Waals surface area contributed by atoms with Gasteiger partial charge in [-0.25, -0.2) is 0 Å². The second kappa shape index (κ2) is 6.45. The zero-order chi connectivity index (χ0) is 15.4. The fraction of sp³-hybridized carbons (Fsp3) is 0.316. The zero-order valence-corrected chi connectivity index (χ0v) is 13.1. The van der Waals surface area contributed by atoms with E-state index in [9.17, 15) is 5.26 Å². The smallest absolute Gasteiger partial charge is 0.118 e. The molecule has 0 aliphatic rings. The molecule has 0 saturated carbocycles. The van der Waals surface area contributed by atoms with Crippen molar-refractivity contribution in [2.45, 2.75) is 33.1 Å². The molecule has 2 heteroatoms. The molecule has 0 N–H and O–H groups in total. The van der Waals surface area contributed by atoms with Crippen LogP contribution in [0.25, 0.3) is 0 Å². The van der Waals surface area contributed by atoms with E-state index in [0.717, 1.165) is 17.7 Å². The first kappa shape index (κ1) is 15.1. The molecule has 2 aromatic rings. The summed E-state index contributed by atoms with van der Waals surface area (Å²) in [5.41, 5.74) is 6.12. The van der Waals surface area contributed by atoms with Gasteiger partial charge in [0.15, 0.2) is 0 Å². The number of ether oxygens (including phenoxy) is 1. The molecule has 0 aromatic heterocycles. The van der Waals surface area contributed by atoms with Crippen molar-refractivity contribution < 1.29 is 4.74 Å². The summed E-state index contributed by atoms with van der Waals surface area (Å²) in [6, 6.07) is 14.6. The molecule has 0 spiro atoms. The van der Waals surface area contributed by atoms with Crippen LogP contribution in [0.15, 0.2) is 36.4 Å². The lowest BCUT2D eigenvalue weighted by atomic mass is 9.88. The number of methoxy groups -OCH3 is 1. The van der Waals surface area contributed by atoms with Gasteiger partial charge < -0.3 is 4.74 Å². The van der Waals surface area contributed by atoms with Crippen molar-refractivity contribution in [1.82, 2.24) is 0 Å². The SMILES string of the molecule is COc1ccc(C(C#N)Cc2c(C)cc(C)cc2C)cc1. The quantitative estimate of drug-likeness (QED) is 0.827. The van der Waals surface area contributed by atoms with Crippen LogP contribution in [0.1, 0.15) is 33.7 Å². The highest BCUT2D eigenvalue weighted by Gasteiger charge is 2.15. The normalized spacial score (nSPS) is 11.8. The van der Waals surface area contributed by atoms with E-state index in [1.165, 1.54) is 22.3 Å². The molecule has 0 bridgehead atoms. The van der Waals surface area contributed by atoms with E-state index in [4.69, 9.17) is 4.74 Å². The summed E-state index contributed by atoms with van der Waals surface area (Å²) in [5.74, 6) is 0.689. The van der Waals surface area contributed by atoms with Crippen LogP contribution in [-0.2, 0) is 6.42 Å². The molecule has 0 saturated heterocycles. The maximum absolute atomic E-state index is 9.52. The van der Waals surface area contributed by atoms with E-state index in [2.05, 4.69) is 39.0 Å². The maximum Gasteiger partial charge on any atom is 0.118 e. The summed E-state index contributed by atoms with van der Waals surface area (Å²) in [4.78, 5) is 0. The molecular weight excluding hydrogens is 258 g/mol. The van der Waals surface area contributed by atoms with E-state index < -0.39 is 0 Å². The predicted octanol–water partition coefficient (Wildman–Crippen LogP) is 4.47. The Balaban J connectivity index is 2.29. The van der Waals surface area contributed by atoms with Gasteiger partial charge in [-0.05, 0) is 61.6 Å². The van der Waals surface area contributed by atoms with Crippen molar-refractivity contribution in [1.29, 1.82) is 5.26 Å². The van der Waals surface area contributed by atoms with Gasteiger partial charge in [-0.2, -0.15) is 5.26 Å². The minimum absolute atomic E-state index is 0.129. The molecular formula is C19H21NO. The van der Waals surface area contributed by atoms with Crippen LogP contribution in [0.3, 0.4) is 0 Å². The lowest BCUT2D eigenvalue weighted by molar-refractivity contribution is 0.414. The highest BCUT2D eigenvalue weighted by molar-refractivity contribution is 5.41. The number of rotatable bonds is 4.